The van der Waals surface area contributed by atoms with Crippen molar-refractivity contribution in [3.8, 4) is 11.4 Å². The fourth-order valence-electron chi connectivity index (χ4n) is 1.62. The van der Waals surface area contributed by atoms with Gasteiger partial charge in [0.1, 0.15) is 6.54 Å². The summed E-state index contributed by atoms with van der Waals surface area (Å²) in [5.41, 5.74) is 0.785. The molecule has 3 amide bonds. The Morgan fingerprint density at radius 3 is 2.59 bits per heavy atom. The van der Waals surface area contributed by atoms with E-state index in [0.29, 0.717) is 5.82 Å². The Balaban J connectivity index is 1.96. The van der Waals surface area contributed by atoms with E-state index in [4.69, 9.17) is 0 Å². The van der Waals surface area contributed by atoms with Gasteiger partial charge in [0.25, 0.3) is 5.91 Å². The first-order valence-corrected chi connectivity index (χ1v) is 7.37. The van der Waals surface area contributed by atoms with Gasteiger partial charge in [-0.1, -0.05) is 15.9 Å². The first-order valence-electron chi connectivity index (χ1n) is 6.58. The molecule has 1 aromatic carbocycles. The number of imide groups is 1. The molecule has 0 atom stereocenters. The summed E-state index contributed by atoms with van der Waals surface area (Å²) in [4.78, 5) is 24.2. The second-order valence-electron chi connectivity index (χ2n) is 4.83. The highest BCUT2D eigenvalue weighted by Gasteiger charge is 2.12. The number of carbonyl (C=O) groups excluding carboxylic acids is 2. The number of urea groups is 1. The van der Waals surface area contributed by atoms with Crippen LogP contribution in [0.3, 0.4) is 0 Å². The maximum Gasteiger partial charge on any atom is 0.321 e. The molecule has 0 spiro atoms. The first-order chi connectivity index (χ1) is 10.4. The van der Waals surface area contributed by atoms with Gasteiger partial charge in [-0.3, -0.25) is 10.1 Å². The zero-order chi connectivity index (χ0) is 16.1. The SMILES string of the molecule is CC(C)NC(=O)NC(=O)Cn1nnc(-c2ccc(Br)cc2)n1. The van der Waals surface area contributed by atoms with Gasteiger partial charge in [0, 0.05) is 16.1 Å². The molecular formula is C13H15BrN6O2. The zero-order valence-electron chi connectivity index (χ0n) is 12.1. The Hall–Kier alpha value is -2.29. The summed E-state index contributed by atoms with van der Waals surface area (Å²) in [7, 11) is 0. The van der Waals surface area contributed by atoms with E-state index in [9.17, 15) is 9.59 Å². The molecule has 0 fully saturated rings. The lowest BCUT2D eigenvalue weighted by Gasteiger charge is -2.08. The number of benzene rings is 1. The summed E-state index contributed by atoms with van der Waals surface area (Å²) in [6.07, 6.45) is 0. The van der Waals surface area contributed by atoms with E-state index >= 15 is 0 Å². The molecule has 9 heteroatoms. The number of hydrogen-bond acceptors (Lipinski definition) is 5. The minimum absolute atomic E-state index is 0.0543. The Bertz CT molecular complexity index is 667. The van der Waals surface area contributed by atoms with Crippen molar-refractivity contribution in [2.45, 2.75) is 26.4 Å². The lowest BCUT2D eigenvalue weighted by Crippen LogP contribution is -2.43. The minimum atomic E-state index is -0.548. The van der Waals surface area contributed by atoms with Crippen molar-refractivity contribution in [1.82, 2.24) is 30.8 Å². The summed E-state index contributed by atoms with van der Waals surface area (Å²) < 4.78 is 0.944. The quantitative estimate of drug-likeness (QED) is 0.849. The van der Waals surface area contributed by atoms with Crippen LogP contribution in [0.2, 0.25) is 0 Å². The molecule has 116 valence electrons. The first kappa shape index (κ1) is 16.1. The highest BCUT2D eigenvalue weighted by atomic mass is 79.9. The van der Waals surface area contributed by atoms with Crippen LogP contribution >= 0.6 is 15.9 Å². The van der Waals surface area contributed by atoms with E-state index < -0.39 is 11.9 Å². The topological polar surface area (TPSA) is 102 Å². The van der Waals surface area contributed by atoms with Gasteiger partial charge in [0.2, 0.25) is 5.82 Å². The van der Waals surface area contributed by atoms with Crippen LogP contribution in [0.5, 0.6) is 0 Å². The molecule has 1 aromatic heterocycles. The van der Waals surface area contributed by atoms with Gasteiger partial charge in [-0.2, -0.15) is 4.80 Å². The largest absolute Gasteiger partial charge is 0.336 e. The molecule has 0 saturated carbocycles. The fraction of sp³-hybridized carbons (Fsp3) is 0.308. The van der Waals surface area contributed by atoms with Crippen LogP contribution in [-0.4, -0.2) is 38.2 Å². The van der Waals surface area contributed by atoms with Crippen LogP contribution in [-0.2, 0) is 11.3 Å². The van der Waals surface area contributed by atoms with Gasteiger partial charge in [-0.25, -0.2) is 4.79 Å². The average Bonchev–Trinajstić information content (AvgIpc) is 2.86. The second kappa shape index (κ2) is 7.12. The third-order valence-electron chi connectivity index (χ3n) is 2.51. The molecular weight excluding hydrogens is 352 g/mol. The number of carbonyl (C=O) groups is 2. The van der Waals surface area contributed by atoms with Crippen molar-refractivity contribution in [3.05, 3.63) is 28.7 Å². The van der Waals surface area contributed by atoms with Crippen LogP contribution in [0.1, 0.15) is 13.8 Å². The lowest BCUT2D eigenvalue weighted by molar-refractivity contribution is -0.121. The van der Waals surface area contributed by atoms with Crippen LogP contribution in [0.25, 0.3) is 11.4 Å². The van der Waals surface area contributed by atoms with Gasteiger partial charge in [-0.15, -0.1) is 10.2 Å². The van der Waals surface area contributed by atoms with E-state index in [-0.39, 0.29) is 12.6 Å². The minimum Gasteiger partial charge on any atom is -0.336 e. The highest BCUT2D eigenvalue weighted by molar-refractivity contribution is 9.10. The average molecular weight is 367 g/mol. The van der Waals surface area contributed by atoms with Crippen molar-refractivity contribution in [1.29, 1.82) is 0 Å². The molecule has 0 saturated heterocycles. The molecule has 8 nitrogen and oxygen atoms in total. The van der Waals surface area contributed by atoms with Crippen molar-refractivity contribution in [2.24, 2.45) is 0 Å². The van der Waals surface area contributed by atoms with E-state index in [1.165, 1.54) is 0 Å². The maximum atomic E-state index is 11.7. The number of halogens is 1. The Kier molecular flexibility index (Phi) is 5.21. The third kappa shape index (κ3) is 4.62. The predicted molar refractivity (Wildman–Crippen MR) is 82.8 cm³/mol. The monoisotopic (exact) mass is 366 g/mol. The number of nitrogens with one attached hydrogen (secondary N) is 2. The van der Waals surface area contributed by atoms with Gasteiger partial charge in [-0.05, 0) is 43.3 Å². The van der Waals surface area contributed by atoms with Gasteiger partial charge in [0.15, 0.2) is 0 Å². The van der Waals surface area contributed by atoms with E-state index in [1.54, 1.807) is 13.8 Å². The van der Waals surface area contributed by atoms with E-state index in [2.05, 4.69) is 42.0 Å². The number of nitrogens with zero attached hydrogens (tertiary/aromatic N) is 4. The smallest absolute Gasteiger partial charge is 0.321 e. The van der Waals surface area contributed by atoms with Crippen LogP contribution in [0, 0.1) is 0 Å². The third-order valence-corrected chi connectivity index (χ3v) is 3.04. The molecule has 1 heterocycles. The fourth-order valence-corrected chi connectivity index (χ4v) is 1.88. The van der Waals surface area contributed by atoms with E-state index in [0.717, 1.165) is 14.8 Å². The Morgan fingerprint density at radius 2 is 1.95 bits per heavy atom. The molecule has 0 unspecified atom stereocenters. The molecule has 22 heavy (non-hydrogen) atoms. The van der Waals surface area contributed by atoms with Crippen molar-refractivity contribution in [3.63, 3.8) is 0 Å². The summed E-state index contributed by atoms with van der Waals surface area (Å²) in [6, 6.07) is 6.79. The molecule has 2 rings (SSSR count). The van der Waals surface area contributed by atoms with Gasteiger partial charge < -0.3 is 5.32 Å². The maximum absolute atomic E-state index is 11.7. The van der Waals surface area contributed by atoms with Crippen LogP contribution in [0.4, 0.5) is 4.79 Å². The van der Waals surface area contributed by atoms with Crippen LogP contribution < -0.4 is 10.6 Å². The molecule has 0 aliphatic rings. The molecule has 0 bridgehead atoms. The molecule has 0 radical (unpaired) electrons. The summed E-state index contributed by atoms with van der Waals surface area (Å²) in [5, 5.41) is 16.5. The number of rotatable bonds is 4. The van der Waals surface area contributed by atoms with Crippen molar-refractivity contribution >= 4 is 27.9 Å². The Labute approximate surface area is 135 Å². The molecule has 2 N–H and O–H groups in total. The number of amides is 3. The number of aromatic nitrogens is 4. The molecule has 0 aliphatic heterocycles. The standard InChI is InChI=1S/C13H15BrN6O2/c1-8(2)15-13(22)16-11(21)7-20-18-12(17-19-20)9-3-5-10(14)6-4-9/h3-6,8H,7H2,1-2H3,(H2,15,16,21,22). The predicted octanol–water partition coefficient (Wildman–Crippen LogP) is 1.34. The van der Waals surface area contributed by atoms with Crippen molar-refractivity contribution in [2.75, 3.05) is 0 Å². The van der Waals surface area contributed by atoms with Crippen LogP contribution in [0.15, 0.2) is 28.7 Å². The van der Waals surface area contributed by atoms with E-state index in [1.807, 2.05) is 24.3 Å². The summed E-state index contributed by atoms with van der Waals surface area (Å²) >= 11 is 3.34. The molecule has 2 aromatic rings. The second-order valence-corrected chi connectivity index (χ2v) is 5.74. The normalized spacial score (nSPS) is 10.5. The van der Waals surface area contributed by atoms with Gasteiger partial charge >= 0.3 is 6.03 Å². The highest BCUT2D eigenvalue weighted by Crippen LogP contribution is 2.17. The number of hydrogen-bond donors (Lipinski definition) is 2. The zero-order valence-corrected chi connectivity index (χ0v) is 13.7. The lowest BCUT2D eigenvalue weighted by atomic mass is 10.2. The molecule has 0 aliphatic carbocycles. The summed E-state index contributed by atoms with van der Waals surface area (Å²) in [5.74, 6) is -0.107. The van der Waals surface area contributed by atoms with Gasteiger partial charge in [0.05, 0.1) is 0 Å². The number of tetrazole rings is 1. The van der Waals surface area contributed by atoms with Crippen molar-refractivity contribution < 1.29 is 9.59 Å². The Morgan fingerprint density at radius 1 is 1.27 bits per heavy atom. The summed E-state index contributed by atoms with van der Waals surface area (Å²) in [6.45, 7) is 3.41.